The first-order valence-electron chi connectivity index (χ1n) is 7.96. The molecular weight excluding hydrogens is 278 g/mol. The maximum absolute atomic E-state index is 6.52. The van der Waals surface area contributed by atoms with E-state index in [9.17, 15) is 0 Å². The van der Waals surface area contributed by atoms with Crippen molar-refractivity contribution >= 4 is 11.8 Å². The SMILES string of the molecule is CSc1cccc(OC2CC3CCC2(C)C3(C)C)c1CN. The molecule has 1 aromatic rings. The van der Waals surface area contributed by atoms with E-state index in [-0.39, 0.29) is 0 Å². The van der Waals surface area contributed by atoms with Gasteiger partial charge in [0.15, 0.2) is 0 Å². The Balaban J connectivity index is 1.89. The molecule has 2 bridgehead atoms. The standard InChI is InChI=1S/C18H27NOS/c1-17(2)12-8-9-18(17,3)16(10-12)20-14-6-5-7-15(21-4)13(14)11-19/h5-7,12,16H,8-11,19H2,1-4H3. The predicted molar refractivity (Wildman–Crippen MR) is 89.8 cm³/mol. The van der Waals surface area contributed by atoms with Crippen LogP contribution >= 0.6 is 11.8 Å². The quantitative estimate of drug-likeness (QED) is 0.834. The second-order valence-electron chi connectivity index (χ2n) is 7.36. The molecule has 2 fully saturated rings. The topological polar surface area (TPSA) is 35.2 Å². The Bertz CT molecular complexity index is 542. The molecule has 116 valence electrons. The third-order valence-corrected chi connectivity index (χ3v) is 7.32. The highest BCUT2D eigenvalue weighted by Gasteiger charge is 2.62. The van der Waals surface area contributed by atoms with Gasteiger partial charge in [-0.25, -0.2) is 0 Å². The lowest BCUT2D eigenvalue weighted by Gasteiger charge is -2.39. The molecule has 0 aromatic heterocycles. The van der Waals surface area contributed by atoms with Crippen LogP contribution in [-0.2, 0) is 6.54 Å². The maximum atomic E-state index is 6.52. The molecule has 0 saturated heterocycles. The number of benzene rings is 1. The van der Waals surface area contributed by atoms with Crippen molar-refractivity contribution in [3.05, 3.63) is 23.8 Å². The Kier molecular flexibility index (Phi) is 3.77. The van der Waals surface area contributed by atoms with E-state index >= 15 is 0 Å². The van der Waals surface area contributed by atoms with E-state index < -0.39 is 0 Å². The Morgan fingerprint density at radius 3 is 2.62 bits per heavy atom. The molecule has 3 heteroatoms. The van der Waals surface area contributed by atoms with Crippen molar-refractivity contribution < 1.29 is 4.74 Å². The number of hydrogen-bond acceptors (Lipinski definition) is 3. The van der Waals surface area contributed by atoms with E-state index in [1.54, 1.807) is 11.8 Å². The van der Waals surface area contributed by atoms with Gasteiger partial charge in [0, 0.05) is 22.4 Å². The molecule has 2 aliphatic carbocycles. The summed E-state index contributed by atoms with van der Waals surface area (Å²) in [6, 6.07) is 6.30. The summed E-state index contributed by atoms with van der Waals surface area (Å²) >= 11 is 1.75. The van der Waals surface area contributed by atoms with Gasteiger partial charge in [-0.15, -0.1) is 11.8 Å². The van der Waals surface area contributed by atoms with Crippen molar-refractivity contribution in [1.82, 2.24) is 0 Å². The van der Waals surface area contributed by atoms with E-state index in [2.05, 4.69) is 45.2 Å². The van der Waals surface area contributed by atoms with E-state index in [1.165, 1.54) is 24.2 Å². The average Bonchev–Trinajstić information content (AvgIpc) is 2.80. The van der Waals surface area contributed by atoms with Crippen molar-refractivity contribution in [2.24, 2.45) is 22.5 Å². The first-order valence-corrected chi connectivity index (χ1v) is 9.19. The summed E-state index contributed by atoms with van der Waals surface area (Å²) in [5, 5.41) is 0. The van der Waals surface area contributed by atoms with Gasteiger partial charge in [-0.1, -0.05) is 26.8 Å². The maximum Gasteiger partial charge on any atom is 0.125 e. The predicted octanol–water partition coefficient (Wildman–Crippen LogP) is 4.46. The second kappa shape index (κ2) is 5.20. The highest BCUT2D eigenvalue weighted by molar-refractivity contribution is 7.98. The molecular formula is C18H27NOS. The molecule has 21 heavy (non-hydrogen) atoms. The molecule has 2 aliphatic rings. The summed E-state index contributed by atoms with van der Waals surface area (Å²) in [6.07, 6.45) is 6.26. The summed E-state index contributed by atoms with van der Waals surface area (Å²) < 4.78 is 6.52. The van der Waals surface area contributed by atoms with Crippen LogP contribution in [0.4, 0.5) is 0 Å². The summed E-state index contributed by atoms with van der Waals surface area (Å²) in [4.78, 5) is 1.24. The van der Waals surface area contributed by atoms with Crippen LogP contribution in [-0.4, -0.2) is 12.4 Å². The lowest BCUT2D eigenvalue weighted by atomic mass is 9.70. The van der Waals surface area contributed by atoms with Gasteiger partial charge in [0.25, 0.3) is 0 Å². The first-order chi connectivity index (χ1) is 9.94. The van der Waals surface area contributed by atoms with Crippen LogP contribution in [0.1, 0.15) is 45.6 Å². The van der Waals surface area contributed by atoms with Gasteiger partial charge in [0.1, 0.15) is 11.9 Å². The van der Waals surface area contributed by atoms with Crippen molar-refractivity contribution in [1.29, 1.82) is 0 Å². The largest absolute Gasteiger partial charge is 0.489 e. The Hall–Kier alpha value is -0.670. The minimum absolute atomic E-state index is 0.291. The number of rotatable bonds is 4. The highest BCUT2D eigenvalue weighted by atomic mass is 32.2. The normalized spacial score (nSPS) is 33.4. The van der Waals surface area contributed by atoms with Crippen LogP contribution in [0.3, 0.4) is 0 Å². The molecule has 3 rings (SSSR count). The number of hydrogen-bond donors (Lipinski definition) is 1. The van der Waals surface area contributed by atoms with Crippen molar-refractivity contribution in [3.8, 4) is 5.75 Å². The van der Waals surface area contributed by atoms with Crippen LogP contribution in [0.15, 0.2) is 23.1 Å². The fourth-order valence-corrected chi connectivity index (χ4v) is 5.16. The molecule has 0 amide bonds. The van der Waals surface area contributed by atoms with E-state index in [0.29, 0.717) is 23.5 Å². The van der Waals surface area contributed by atoms with Crippen molar-refractivity contribution in [2.45, 2.75) is 57.6 Å². The van der Waals surface area contributed by atoms with Crippen LogP contribution in [0.2, 0.25) is 0 Å². The summed E-state index contributed by atoms with van der Waals surface area (Å²) in [5.41, 5.74) is 7.81. The van der Waals surface area contributed by atoms with E-state index in [4.69, 9.17) is 10.5 Å². The number of thioether (sulfide) groups is 1. The third kappa shape index (κ3) is 2.12. The molecule has 0 aliphatic heterocycles. The Labute approximate surface area is 132 Å². The van der Waals surface area contributed by atoms with Gasteiger partial charge in [0.05, 0.1) is 0 Å². The number of fused-ring (bicyclic) bond motifs is 2. The second-order valence-corrected chi connectivity index (χ2v) is 8.21. The smallest absolute Gasteiger partial charge is 0.125 e. The zero-order chi connectivity index (χ0) is 15.3. The minimum Gasteiger partial charge on any atom is -0.489 e. The van der Waals surface area contributed by atoms with E-state index in [0.717, 1.165) is 17.2 Å². The molecule has 3 unspecified atom stereocenters. The third-order valence-electron chi connectivity index (χ3n) is 6.50. The molecule has 0 radical (unpaired) electrons. The van der Waals surface area contributed by atoms with Crippen LogP contribution in [0.5, 0.6) is 5.75 Å². The van der Waals surface area contributed by atoms with Crippen molar-refractivity contribution in [3.63, 3.8) is 0 Å². The van der Waals surface area contributed by atoms with Gasteiger partial charge in [-0.2, -0.15) is 0 Å². The average molecular weight is 305 g/mol. The molecule has 3 atom stereocenters. The first kappa shape index (κ1) is 15.2. The Morgan fingerprint density at radius 1 is 1.33 bits per heavy atom. The molecule has 2 N–H and O–H groups in total. The number of nitrogens with two attached hydrogens (primary N) is 1. The molecule has 0 heterocycles. The summed E-state index contributed by atoms with van der Waals surface area (Å²) in [7, 11) is 0. The van der Waals surface area contributed by atoms with Crippen LogP contribution < -0.4 is 10.5 Å². The molecule has 2 saturated carbocycles. The van der Waals surface area contributed by atoms with E-state index in [1.807, 2.05) is 0 Å². The van der Waals surface area contributed by atoms with Gasteiger partial charge >= 0.3 is 0 Å². The number of ether oxygens (including phenoxy) is 1. The van der Waals surface area contributed by atoms with Gasteiger partial charge in [0.2, 0.25) is 0 Å². The minimum atomic E-state index is 0.291. The lowest BCUT2D eigenvalue weighted by Crippen LogP contribution is -2.39. The molecule has 2 nitrogen and oxygen atoms in total. The summed E-state index contributed by atoms with van der Waals surface area (Å²) in [5.74, 6) is 1.80. The van der Waals surface area contributed by atoms with Crippen LogP contribution in [0, 0.1) is 16.7 Å². The fraction of sp³-hybridized carbons (Fsp3) is 0.667. The van der Waals surface area contributed by atoms with Crippen LogP contribution in [0.25, 0.3) is 0 Å². The molecule has 1 aromatic carbocycles. The van der Waals surface area contributed by atoms with Gasteiger partial charge in [-0.3, -0.25) is 0 Å². The monoisotopic (exact) mass is 305 g/mol. The molecule has 0 spiro atoms. The lowest BCUT2D eigenvalue weighted by molar-refractivity contribution is 0.0294. The highest BCUT2D eigenvalue weighted by Crippen LogP contribution is 2.66. The summed E-state index contributed by atoms with van der Waals surface area (Å²) in [6.45, 7) is 7.82. The Morgan fingerprint density at radius 2 is 2.10 bits per heavy atom. The van der Waals surface area contributed by atoms with Gasteiger partial charge in [-0.05, 0) is 49.0 Å². The van der Waals surface area contributed by atoms with Crippen molar-refractivity contribution in [2.75, 3.05) is 6.26 Å². The van der Waals surface area contributed by atoms with Gasteiger partial charge < -0.3 is 10.5 Å². The fourth-order valence-electron chi connectivity index (χ4n) is 4.51. The zero-order valence-electron chi connectivity index (χ0n) is 13.6. The zero-order valence-corrected chi connectivity index (χ0v) is 14.4.